The Balaban J connectivity index is 2.48. The van der Waals surface area contributed by atoms with Crippen LogP contribution < -0.4 is 4.74 Å². The number of ketones is 1. The second kappa shape index (κ2) is 11.3. The Morgan fingerprint density at radius 1 is 0.955 bits per heavy atom. The minimum atomic E-state index is 0.0745. The van der Waals surface area contributed by atoms with Crippen LogP contribution in [0.4, 0.5) is 0 Å². The standard InChI is InChI=1S/C20H32O2/c1-4-6-7-8-9-10-14-18(13-5-2)22-20-16-12-11-15-19(20)17(3)21/h11-12,15-16,18H,4-10,13-14H2,1-3H3. The molecule has 0 heterocycles. The zero-order valence-corrected chi connectivity index (χ0v) is 14.6. The van der Waals surface area contributed by atoms with Gasteiger partial charge in [0.2, 0.25) is 0 Å². The van der Waals surface area contributed by atoms with Gasteiger partial charge in [-0.3, -0.25) is 4.79 Å². The number of hydrogen-bond donors (Lipinski definition) is 0. The van der Waals surface area contributed by atoms with E-state index in [2.05, 4.69) is 13.8 Å². The van der Waals surface area contributed by atoms with E-state index in [4.69, 9.17) is 4.74 Å². The van der Waals surface area contributed by atoms with Crippen LogP contribution in [-0.4, -0.2) is 11.9 Å². The fraction of sp³-hybridized carbons (Fsp3) is 0.650. The molecular weight excluding hydrogens is 272 g/mol. The van der Waals surface area contributed by atoms with E-state index in [1.165, 1.54) is 38.5 Å². The Kier molecular flexibility index (Phi) is 9.61. The zero-order valence-electron chi connectivity index (χ0n) is 14.6. The average Bonchev–Trinajstić information content (AvgIpc) is 2.51. The molecule has 0 bridgehead atoms. The number of carbonyl (C=O) groups excluding carboxylic acids is 1. The van der Waals surface area contributed by atoms with Gasteiger partial charge < -0.3 is 4.74 Å². The maximum absolute atomic E-state index is 11.7. The fourth-order valence-corrected chi connectivity index (χ4v) is 2.78. The van der Waals surface area contributed by atoms with E-state index in [-0.39, 0.29) is 11.9 Å². The summed E-state index contributed by atoms with van der Waals surface area (Å²) in [5.74, 6) is 0.824. The first-order valence-corrected chi connectivity index (χ1v) is 8.95. The minimum absolute atomic E-state index is 0.0745. The predicted octanol–water partition coefficient (Wildman–Crippen LogP) is 6.19. The van der Waals surface area contributed by atoms with E-state index < -0.39 is 0 Å². The van der Waals surface area contributed by atoms with Crippen LogP contribution in [0.15, 0.2) is 24.3 Å². The van der Waals surface area contributed by atoms with Crippen molar-refractivity contribution in [1.29, 1.82) is 0 Å². The number of Topliss-reactive ketones (excluding diaryl/α,β-unsaturated/α-hetero) is 1. The summed E-state index contributed by atoms with van der Waals surface area (Å²) in [6.07, 6.45) is 11.3. The molecule has 0 saturated heterocycles. The van der Waals surface area contributed by atoms with Gasteiger partial charge in [-0.1, -0.05) is 64.5 Å². The van der Waals surface area contributed by atoms with E-state index in [0.717, 1.165) is 25.0 Å². The highest BCUT2D eigenvalue weighted by Gasteiger charge is 2.13. The largest absolute Gasteiger partial charge is 0.490 e. The van der Waals surface area contributed by atoms with Crippen LogP contribution in [0.1, 0.15) is 88.9 Å². The van der Waals surface area contributed by atoms with Gasteiger partial charge in [-0.25, -0.2) is 0 Å². The smallest absolute Gasteiger partial charge is 0.163 e. The van der Waals surface area contributed by atoms with Crippen LogP contribution in [0.25, 0.3) is 0 Å². The minimum Gasteiger partial charge on any atom is -0.490 e. The lowest BCUT2D eigenvalue weighted by molar-refractivity contribution is 0.100. The normalized spacial score (nSPS) is 12.1. The number of ether oxygens (including phenoxy) is 1. The molecular formula is C20H32O2. The molecule has 0 aliphatic heterocycles. The third-order valence-electron chi connectivity index (χ3n) is 4.05. The van der Waals surface area contributed by atoms with Gasteiger partial charge in [0, 0.05) is 0 Å². The molecule has 2 heteroatoms. The SMILES string of the molecule is CCCCCCCCC(CCC)Oc1ccccc1C(C)=O. The van der Waals surface area contributed by atoms with Gasteiger partial charge >= 0.3 is 0 Å². The molecule has 0 aliphatic rings. The molecule has 0 N–H and O–H groups in total. The van der Waals surface area contributed by atoms with Gasteiger partial charge in [-0.05, 0) is 38.3 Å². The highest BCUT2D eigenvalue weighted by Crippen LogP contribution is 2.23. The molecule has 0 amide bonds. The molecule has 0 saturated carbocycles. The number of para-hydroxylation sites is 1. The Bertz CT molecular complexity index is 425. The quantitative estimate of drug-likeness (QED) is 0.340. The first kappa shape index (κ1) is 18.7. The monoisotopic (exact) mass is 304 g/mol. The molecule has 2 nitrogen and oxygen atoms in total. The van der Waals surface area contributed by atoms with E-state index in [0.29, 0.717) is 5.56 Å². The molecule has 0 aromatic heterocycles. The molecule has 124 valence electrons. The number of hydrogen-bond acceptors (Lipinski definition) is 2. The summed E-state index contributed by atoms with van der Waals surface area (Å²) >= 11 is 0. The molecule has 0 fully saturated rings. The topological polar surface area (TPSA) is 26.3 Å². The van der Waals surface area contributed by atoms with Crippen molar-refractivity contribution in [2.45, 2.75) is 84.7 Å². The highest BCUT2D eigenvalue weighted by molar-refractivity contribution is 5.96. The molecule has 1 aromatic rings. The van der Waals surface area contributed by atoms with E-state index in [9.17, 15) is 4.79 Å². The van der Waals surface area contributed by atoms with Crippen molar-refractivity contribution in [3.63, 3.8) is 0 Å². The number of carbonyl (C=O) groups is 1. The third-order valence-corrected chi connectivity index (χ3v) is 4.05. The molecule has 1 atom stereocenters. The number of unbranched alkanes of at least 4 members (excludes halogenated alkanes) is 5. The molecule has 0 aliphatic carbocycles. The zero-order chi connectivity index (χ0) is 16.2. The van der Waals surface area contributed by atoms with Crippen LogP contribution in [0.2, 0.25) is 0 Å². The maximum atomic E-state index is 11.7. The second-order valence-corrected chi connectivity index (χ2v) is 6.14. The number of rotatable bonds is 12. The third kappa shape index (κ3) is 7.11. The molecule has 0 spiro atoms. The van der Waals surface area contributed by atoms with Gasteiger partial charge in [0.15, 0.2) is 5.78 Å². The summed E-state index contributed by atoms with van der Waals surface area (Å²) in [4.78, 5) is 11.7. The van der Waals surface area contributed by atoms with Crippen molar-refractivity contribution in [1.82, 2.24) is 0 Å². The Labute approximate surface area is 136 Å². The van der Waals surface area contributed by atoms with Crippen molar-refractivity contribution in [2.24, 2.45) is 0 Å². The maximum Gasteiger partial charge on any atom is 0.163 e. The van der Waals surface area contributed by atoms with Crippen LogP contribution in [0.5, 0.6) is 5.75 Å². The lowest BCUT2D eigenvalue weighted by Gasteiger charge is -2.20. The van der Waals surface area contributed by atoms with E-state index >= 15 is 0 Å². The molecule has 1 rings (SSSR count). The van der Waals surface area contributed by atoms with Gasteiger partial charge in [0.05, 0.1) is 11.7 Å². The van der Waals surface area contributed by atoms with Crippen LogP contribution in [0.3, 0.4) is 0 Å². The predicted molar refractivity (Wildman–Crippen MR) is 93.8 cm³/mol. The van der Waals surface area contributed by atoms with Crippen LogP contribution >= 0.6 is 0 Å². The summed E-state index contributed by atoms with van der Waals surface area (Å²) in [6, 6.07) is 7.60. The summed E-state index contributed by atoms with van der Waals surface area (Å²) in [5, 5.41) is 0. The van der Waals surface area contributed by atoms with Gasteiger partial charge in [0.1, 0.15) is 5.75 Å². The lowest BCUT2D eigenvalue weighted by Crippen LogP contribution is -2.17. The lowest BCUT2D eigenvalue weighted by atomic mass is 10.0. The Morgan fingerprint density at radius 2 is 1.64 bits per heavy atom. The molecule has 1 unspecified atom stereocenters. The van der Waals surface area contributed by atoms with E-state index in [1.807, 2.05) is 24.3 Å². The second-order valence-electron chi connectivity index (χ2n) is 6.14. The van der Waals surface area contributed by atoms with Crippen molar-refractivity contribution in [3.8, 4) is 5.75 Å². The van der Waals surface area contributed by atoms with E-state index in [1.54, 1.807) is 6.92 Å². The summed E-state index contributed by atoms with van der Waals surface area (Å²) in [7, 11) is 0. The van der Waals surface area contributed by atoms with Crippen LogP contribution in [-0.2, 0) is 0 Å². The van der Waals surface area contributed by atoms with Crippen LogP contribution in [0, 0.1) is 0 Å². The molecule has 22 heavy (non-hydrogen) atoms. The first-order valence-electron chi connectivity index (χ1n) is 8.95. The first-order chi connectivity index (χ1) is 10.7. The van der Waals surface area contributed by atoms with Crippen molar-refractivity contribution < 1.29 is 9.53 Å². The van der Waals surface area contributed by atoms with Crippen molar-refractivity contribution in [3.05, 3.63) is 29.8 Å². The van der Waals surface area contributed by atoms with Gasteiger partial charge in [-0.2, -0.15) is 0 Å². The van der Waals surface area contributed by atoms with Gasteiger partial charge in [-0.15, -0.1) is 0 Å². The fourth-order valence-electron chi connectivity index (χ4n) is 2.78. The number of benzene rings is 1. The average molecular weight is 304 g/mol. The highest BCUT2D eigenvalue weighted by atomic mass is 16.5. The Hall–Kier alpha value is -1.31. The van der Waals surface area contributed by atoms with Crippen molar-refractivity contribution in [2.75, 3.05) is 0 Å². The molecule has 0 radical (unpaired) electrons. The van der Waals surface area contributed by atoms with Crippen molar-refractivity contribution >= 4 is 5.78 Å². The summed E-state index contributed by atoms with van der Waals surface area (Å²) < 4.78 is 6.15. The molecule has 1 aromatic carbocycles. The summed E-state index contributed by atoms with van der Waals surface area (Å²) in [5.41, 5.74) is 0.701. The van der Waals surface area contributed by atoms with Gasteiger partial charge in [0.25, 0.3) is 0 Å². The Morgan fingerprint density at radius 3 is 2.32 bits per heavy atom. The summed E-state index contributed by atoms with van der Waals surface area (Å²) in [6.45, 7) is 6.04.